The lowest BCUT2D eigenvalue weighted by molar-refractivity contribution is 0.0606. The number of anilines is 1. The Morgan fingerprint density at radius 3 is 2.78 bits per heavy atom. The van der Waals surface area contributed by atoms with E-state index in [1.807, 2.05) is 4.90 Å². The smallest absolute Gasteiger partial charge is 0.261 e. The summed E-state index contributed by atoms with van der Waals surface area (Å²) in [5.41, 5.74) is 0.553. The minimum absolute atomic E-state index is 0.0642. The van der Waals surface area contributed by atoms with E-state index in [9.17, 15) is 14.4 Å². The molecule has 2 atom stereocenters. The van der Waals surface area contributed by atoms with Crippen molar-refractivity contribution >= 4 is 23.3 Å². The molecule has 4 aliphatic heterocycles. The van der Waals surface area contributed by atoms with Crippen LogP contribution < -0.4 is 15.0 Å². The highest BCUT2D eigenvalue weighted by Crippen LogP contribution is 2.47. The molecule has 0 aliphatic carbocycles. The molecule has 37 heavy (non-hydrogen) atoms. The van der Waals surface area contributed by atoms with Crippen molar-refractivity contribution < 1.29 is 13.9 Å². The van der Waals surface area contributed by atoms with Gasteiger partial charge in [-0.3, -0.25) is 9.69 Å². The maximum atomic E-state index is 15.0. The van der Waals surface area contributed by atoms with Gasteiger partial charge in [0.1, 0.15) is 28.8 Å². The van der Waals surface area contributed by atoms with E-state index in [2.05, 4.69) is 35.0 Å². The summed E-state index contributed by atoms with van der Waals surface area (Å²) in [5, 5.41) is 12.7. The van der Waals surface area contributed by atoms with Crippen molar-refractivity contribution in [2.24, 2.45) is 5.92 Å². The minimum Gasteiger partial charge on any atom is -0.489 e. The predicted octanol–water partition coefficient (Wildman–Crippen LogP) is 3.16. The number of pyridine rings is 1. The summed E-state index contributed by atoms with van der Waals surface area (Å²) in [6.45, 7) is 8.60. The molecule has 0 radical (unpaired) electrons. The van der Waals surface area contributed by atoms with Crippen molar-refractivity contribution in [3.05, 3.63) is 40.7 Å². The van der Waals surface area contributed by atoms with Crippen LogP contribution in [0, 0.1) is 23.1 Å². The Morgan fingerprint density at radius 1 is 1.24 bits per heavy atom. The standard InChI is InChI=1S/C27H30ClFN6O2/c1-27(2)9-17(33-12-16(10-30)13-33)14-35(27)25-21-24(37-15-18-11-31-7-8-34(18)26(21)36)22(28)23(32-25)19-5-3-4-6-20(19)29/h3-6,16-18,31H,7-9,11-15H2,1-2H3/t17?,18-/m1/s1. The van der Waals surface area contributed by atoms with E-state index in [-0.39, 0.29) is 51.5 Å². The average molecular weight is 525 g/mol. The first-order chi connectivity index (χ1) is 17.8. The van der Waals surface area contributed by atoms with Crippen molar-refractivity contribution in [3.63, 3.8) is 0 Å². The Hall–Kier alpha value is -2.93. The maximum Gasteiger partial charge on any atom is 0.261 e. The molecule has 2 aromatic rings. The van der Waals surface area contributed by atoms with Gasteiger partial charge < -0.3 is 19.9 Å². The molecule has 6 rings (SSSR count). The summed E-state index contributed by atoms with van der Waals surface area (Å²) in [6.07, 6.45) is 0.852. The zero-order valence-electron chi connectivity index (χ0n) is 21.0. The third-order valence-corrected chi connectivity index (χ3v) is 8.52. The quantitative estimate of drug-likeness (QED) is 0.660. The molecule has 1 aromatic carbocycles. The summed E-state index contributed by atoms with van der Waals surface area (Å²) in [5.74, 6) is 0.223. The first kappa shape index (κ1) is 24.4. The zero-order chi connectivity index (χ0) is 25.9. The summed E-state index contributed by atoms with van der Waals surface area (Å²) < 4.78 is 21.2. The lowest BCUT2D eigenvalue weighted by Crippen LogP contribution is -2.55. The number of fused-ring (bicyclic) bond motifs is 2. The number of carbonyl (C=O) groups excluding carboxylic acids is 1. The number of likely N-dealkylation sites (tertiary alicyclic amines) is 1. The molecule has 194 valence electrons. The highest BCUT2D eigenvalue weighted by Gasteiger charge is 2.47. The summed E-state index contributed by atoms with van der Waals surface area (Å²) >= 11 is 6.86. The SMILES string of the molecule is CC1(C)CC(N2CC(C#N)C2)CN1c1nc(-c2ccccc2F)c(Cl)c2c1C(=O)N1CCNC[C@@H]1CO2. The van der Waals surface area contributed by atoms with Crippen LogP contribution in [-0.2, 0) is 0 Å². The van der Waals surface area contributed by atoms with Gasteiger partial charge in [-0.25, -0.2) is 9.37 Å². The number of halogens is 2. The van der Waals surface area contributed by atoms with Gasteiger partial charge in [0.25, 0.3) is 5.91 Å². The molecule has 0 spiro atoms. The highest BCUT2D eigenvalue weighted by atomic mass is 35.5. The number of nitrogens with one attached hydrogen (secondary N) is 1. The van der Waals surface area contributed by atoms with Crippen LogP contribution >= 0.6 is 11.6 Å². The second-order valence-electron chi connectivity index (χ2n) is 11.0. The van der Waals surface area contributed by atoms with Crippen LogP contribution in [0.5, 0.6) is 5.75 Å². The lowest BCUT2D eigenvalue weighted by Gasteiger charge is -2.39. The van der Waals surface area contributed by atoms with Crippen LogP contribution in [0.1, 0.15) is 30.6 Å². The van der Waals surface area contributed by atoms with Crippen molar-refractivity contribution in [1.82, 2.24) is 20.1 Å². The number of aromatic nitrogens is 1. The molecular weight excluding hydrogens is 495 g/mol. The van der Waals surface area contributed by atoms with E-state index >= 15 is 0 Å². The van der Waals surface area contributed by atoms with Gasteiger partial charge in [0.2, 0.25) is 0 Å². The number of hydrogen-bond acceptors (Lipinski definition) is 7. The van der Waals surface area contributed by atoms with E-state index in [4.69, 9.17) is 21.3 Å². The zero-order valence-corrected chi connectivity index (χ0v) is 21.8. The topological polar surface area (TPSA) is 84.7 Å². The number of ether oxygens (including phenoxy) is 1. The van der Waals surface area contributed by atoms with E-state index in [0.717, 1.165) is 19.5 Å². The number of nitriles is 1. The molecular formula is C27H30ClFN6O2. The Balaban J connectivity index is 1.49. The van der Waals surface area contributed by atoms with E-state index in [1.165, 1.54) is 6.07 Å². The molecule has 1 unspecified atom stereocenters. The molecule has 4 aliphatic rings. The summed E-state index contributed by atoms with van der Waals surface area (Å²) in [6, 6.07) is 8.82. The Morgan fingerprint density at radius 2 is 2.03 bits per heavy atom. The average Bonchev–Trinajstić information content (AvgIpc) is 3.08. The molecule has 3 saturated heterocycles. The van der Waals surface area contributed by atoms with Gasteiger partial charge in [-0.05, 0) is 32.4 Å². The van der Waals surface area contributed by atoms with Crippen LogP contribution in [0.2, 0.25) is 5.02 Å². The van der Waals surface area contributed by atoms with Crippen LogP contribution in [0.3, 0.4) is 0 Å². The first-order valence-electron chi connectivity index (χ1n) is 12.8. The number of hydrogen-bond donors (Lipinski definition) is 1. The van der Waals surface area contributed by atoms with Crippen LogP contribution in [-0.4, -0.2) is 84.2 Å². The first-order valence-corrected chi connectivity index (χ1v) is 13.2. The van der Waals surface area contributed by atoms with Gasteiger partial charge in [-0.1, -0.05) is 23.7 Å². The van der Waals surface area contributed by atoms with Crippen molar-refractivity contribution in [2.75, 3.05) is 50.8 Å². The van der Waals surface area contributed by atoms with Gasteiger partial charge in [-0.2, -0.15) is 5.26 Å². The Kier molecular flexibility index (Phi) is 6.02. The monoisotopic (exact) mass is 524 g/mol. The third kappa shape index (κ3) is 4.02. The molecule has 3 fully saturated rings. The van der Waals surface area contributed by atoms with Crippen molar-refractivity contribution in [3.8, 4) is 23.1 Å². The molecule has 10 heteroatoms. The number of amides is 1. The molecule has 0 bridgehead atoms. The fourth-order valence-electron chi connectivity index (χ4n) is 6.10. The van der Waals surface area contributed by atoms with Crippen LogP contribution in [0.4, 0.5) is 10.2 Å². The van der Waals surface area contributed by atoms with Gasteiger partial charge in [0.15, 0.2) is 5.75 Å². The summed E-state index contributed by atoms with van der Waals surface area (Å²) in [7, 11) is 0. The maximum absolute atomic E-state index is 15.0. The fraction of sp³-hybridized carbons (Fsp3) is 0.519. The lowest BCUT2D eigenvalue weighted by atomic mass is 9.94. The molecule has 8 nitrogen and oxygen atoms in total. The predicted molar refractivity (Wildman–Crippen MR) is 138 cm³/mol. The van der Waals surface area contributed by atoms with Gasteiger partial charge in [0, 0.05) is 56.4 Å². The number of rotatable bonds is 3. The van der Waals surface area contributed by atoms with Crippen molar-refractivity contribution in [1.29, 1.82) is 5.26 Å². The largest absolute Gasteiger partial charge is 0.489 e. The fourth-order valence-corrected chi connectivity index (χ4v) is 6.40. The minimum atomic E-state index is -0.439. The van der Waals surface area contributed by atoms with E-state index < -0.39 is 5.82 Å². The number of piperazine rings is 1. The molecule has 5 heterocycles. The third-order valence-electron chi connectivity index (χ3n) is 8.17. The van der Waals surface area contributed by atoms with Crippen LogP contribution in [0.15, 0.2) is 24.3 Å². The Labute approximate surface area is 220 Å². The molecule has 1 aromatic heterocycles. The van der Waals surface area contributed by atoms with Gasteiger partial charge >= 0.3 is 0 Å². The van der Waals surface area contributed by atoms with Crippen molar-refractivity contribution in [2.45, 2.75) is 37.9 Å². The number of nitrogens with zero attached hydrogens (tertiary/aromatic N) is 5. The van der Waals surface area contributed by atoms with Gasteiger partial charge in [-0.15, -0.1) is 0 Å². The normalized spacial score (nSPS) is 25.5. The molecule has 1 amide bonds. The second kappa shape index (κ2) is 9.12. The van der Waals surface area contributed by atoms with E-state index in [1.54, 1.807) is 18.2 Å². The van der Waals surface area contributed by atoms with Crippen LogP contribution in [0.25, 0.3) is 11.3 Å². The molecule has 0 saturated carbocycles. The number of benzene rings is 1. The molecule has 1 N–H and O–H groups in total. The summed E-state index contributed by atoms with van der Waals surface area (Å²) in [4.78, 5) is 25.3. The second-order valence-corrected chi connectivity index (χ2v) is 11.4. The number of carbonyl (C=O) groups is 1. The highest BCUT2D eigenvalue weighted by molar-refractivity contribution is 6.35. The Bertz CT molecular complexity index is 1290. The van der Waals surface area contributed by atoms with E-state index in [0.29, 0.717) is 44.2 Å². The van der Waals surface area contributed by atoms with Gasteiger partial charge in [0.05, 0.1) is 23.7 Å².